The lowest BCUT2D eigenvalue weighted by molar-refractivity contribution is -0.122. The first-order valence-corrected chi connectivity index (χ1v) is 11.3. The molecule has 0 amide bonds. The average Bonchev–Trinajstić information content (AvgIpc) is 2.73. The fourth-order valence-corrected chi connectivity index (χ4v) is 2.93. The number of esters is 2. The van der Waals surface area contributed by atoms with Crippen LogP contribution in [0.1, 0.15) is 99.8 Å². The van der Waals surface area contributed by atoms with E-state index in [2.05, 4.69) is 27.7 Å². The summed E-state index contributed by atoms with van der Waals surface area (Å²) in [4.78, 5) is 32.7. The Balaban J connectivity index is 0.00000282. The van der Waals surface area contributed by atoms with Crippen LogP contribution in [0.3, 0.4) is 0 Å². The van der Waals surface area contributed by atoms with Gasteiger partial charge < -0.3 is 14.6 Å². The van der Waals surface area contributed by atoms with Gasteiger partial charge >= 0.3 is 11.9 Å². The Hall–Kier alpha value is -2.37. The zero-order chi connectivity index (χ0) is 23.5. The summed E-state index contributed by atoms with van der Waals surface area (Å²) in [6.45, 7) is 9.44. The van der Waals surface area contributed by atoms with Gasteiger partial charge in [-0.05, 0) is 42.9 Å². The van der Waals surface area contributed by atoms with E-state index in [4.69, 9.17) is 19.4 Å². The van der Waals surface area contributed by atoms with E-state index >= 15 is 0 Å². The van der Waals surface area contributed by atoms with Crippen molar-refractivity contribution in [3.05, 3.63) is 35.4 Å². The van der Waals surface area contributed by atoms with E-state index in [1.807, 2.05) is 0 Å². The van der Waals surface area contributed by atoms with Gasteiger partial charge in [-0.1, -0.05) is 72.3 Å². The summed E-state index contributed by atoms with van der Waals surface area (Å²) in [5.41, 5.74) is 0.794. The quantitative estimate of drug-likeness (QED) is 0.214. The maximum absolute atomic E-state index is 12.2. The first kappa shape index (κ1) is 28.6. The van der Waals surface area contributed by atoms with Crippen LogP contribution >= 0.6 is 0 Å². The molecule has 0 bridgehead atoms. The van der Waals surface area contributed by atoms with Crippen LogP contribution in [-0.4, -0.2) is 36.7 Å². The van der Waals surface area contributed by atoms with Crippen LogP contribution in [-0.2, 0) is 14.3 Å². The van der Waals surface area contributed by atoms with E-state index in [-0.39, 0.29) is 18.4 Å². The normalized spacial score (nSPS) is 10.4. The van der Waals surface area contributed by atoms with Crippen molar-refractivity contribution in [1.82, 2.24) is 0 Å². The number of ether oxygens (including phenoxy) is 2. The zero-order valence-corrected chi connectivity index (χ0v) is 19.6. The van der Waals surface area contributed by atoms with Gasteiger partial charge in [-0.2, -0.15) is 0 Å². The van der Waals surface area contributed by atoms with Crippen LogP contribution in [0, 0.1) is 11.8 Å². The molecule has 0 spiro atoms. The molecule has 31 heavy (non-hydrogen) atoms. The summed E-state index contributed by atoms with van der Waals surface area (Å²) in [5, 5.41) is 6.89. The predicted molar refractivity (Wildman–Crippen MR) is 122 cm³/mol. The van der Waals surface area contributed by atoms with Gasteiger partial charge in [0, 0.05) is 0 Å². The third-order valence-corrected chi connectivity index (χ3v) is 4.65. The van der Waals surface area contributed by atoms with E-state index in [9.17, 15) is 9.59 Å². The van der Waals surface area contributed by atoms with Gasteiger partial charge in [0.2, 0.25) is 0 Å². The Bertz CT molecular complexity index is 577. The van der Waals surface area contributed by atoms with E-state index < -0.39 is 0 Å². The van der Waals surface area contributed by atoms with Gasteiger partial charge in [0.15, 0.2) is 0 Å². The maximum atomic E-state index is 12.2. The predicted octanol–water partition coefficient (Wildman–Crippen LogP) is 6.13. The molecule has 0 atom stereocenters. The number of carbonyl (C=O) groups is 3. The molecule has 0 unspecified atom stereocenters. The number of unbranched alkanes of at least 4 members (excludes halogenated alkanes) is 4. The SMILES string of the molecule is CC(C)CCCCCOC(=O)c1cccc(C(=O)OCCCCCC(C)C)c1.O=CO. The summed E-state index contributed by atoms with van der Waals surface area (Å²) in [5.74, 6) is 0.662. The first-order valence-electron chi connectivity index (χ1n) is 11.3. The highest BCUT2D eigenvalue weighted by atomic mass is 16.5. The molecule has 0 heterocycles. The van der Waals surface area contributed by atoms with Crippen LogP contribution < -0.4 is 0 Å². The van der Waals surface area contributed by atoms with Gasteiger partial charge in [0.25, 0.3) is 6.47 Å². The molecular formula is C25H40O6. The fourth-order valence-electron chi connectivity index (χ4n) is 2.93. The number of carboxylic acid groups (broad SMARTS) is 1. The van der Waals surface area contributed by atoms with Crippen molar-refractivity contribution in [3.8, 4) is 0 Å². The molecule has 1 aromatic rings. The number of carbonyl (C=O) groups excluding carboxylic acids is 2. The Kier molecular flexibility index (Phi) is 17.0. The highest BCUT2D eigenvalue weighted by molar-refractivity contribution is 5.95. The minimum absolute atomic E-state index is 0.250. The molecule has 0 aliphatic rings. The molecule has 176 valence electrons. The van der Waals surface area contributed by atoms with Crippen molar-refractivity contribution in [2.45, 2.75) is 79.1 Å². The van der Waals surface area contributed by atoms with Gasteiger partial charge in [-0.25, -0.2) is 9.59 Å². The van der Waals surface area contributed by atoms with Crippen molar-refractivity contribution in [1.29, 1.82) is 0 Å². The molecular weight excluding hydrogens is 396 g/mol. The van der Waals surface area contributed by atoms with E-state index in [0.717, 1.165) is 38.5 Å². The van der Waals surface area contributed by atoms with Crippen molar-refractivity contribution < 1.29 is 29.0 Å². The van der Waals surface area contributed by atoms with Crippen LogP contribution in [0.5, 0.6) is 0 Å². The van der Waals surface area contributed by atoms with Crippen molar-refractivity contribution in [2.75, 3.05) is 13.2 Å². The van der Waals surface area contributed by atoms with Gasteiger partial charge in [-0.3, -0.25) is 4.79 Å². The minimum atomic E-state index is -0.382. The molecule has 1 aromatic carbocycles. The molecule has 1 rings (SSSR count). The molecule has 0 aliphatic heterocycles. The third-order valence-electron chi connectivity index (χ3n) is 4.65. The van der Waals surface area contributed by atoms with Crippen LogP contribution in [0.4, 0.5) is 0 Å². The number of hydrogen-bond acceptors (Lipinski definition) is 5. The average molecular weight is 437 g/mol. The molecule has 0 aliphatic carbocycles. The summed E-state index contributed by atoms with van der Waals surface area (Å²) in [7, 11) is 0. The van der Waals surface area contributed by atoms with Crippen molar-refractivity contribution in [2.24, 2.45) is 11.8 Å². The van der Waals surface area contributed by atoms with Crippen molar-refractivity contribution in [3.63, 3.8) is 0 Å². The molecule has 0 aromatic heterocycles. The smallest absolute Gasteiger partial charge is 0.338 e. The second-order valence-corrected chi connectivity index (χ2v) is 8.44. The highest BCUT2D eigenvalue weighted by Crippen LogP contribution is 2.12. The molecule has 0 radical (unpaired) electrons. The fraction of sp³-hybridized carbons (Fsp3) is 0.640. The summed E-state index contributed by atoms with van der Waals surface area (Å²) in [6.07, 6.45) is 8.60. The van der Waals surface area contributed by atoms with Crippen molar-refractivity contribution >= 4 is 18.4 Å². The Morgan fingerprint density at radius 3 is 1.55 bits per heavy atom. The van der Waals surface area contributed by atoms with Gasteiger partial charge in [-0.15, -0.1) is 0 Å². The second-order valence-electron chi connectivity index (χ2n) is 8.44. The molecule has 6 nitrogen and oxygen atoms in total. The standard InChI is InChI=1S/C24H38O4.CH2O2/c1-19(2)12-7-5-9-16-27-23(25)21-14-11-15-22(18-21)24(26)28-17-10-6-8-13-20(3)4;2-1-3/h11,14-15,18-20H,5-10,12-13,16-17H2,1-4H3;1H,(H,2,3). The first-order chi connectivity index (χ1) is 14.8. The molecule has 1 N–H and O–H groups in total. The Morgan fingerprint density at radius 1 is 0.806 bits per heavy atom. The molecule has 6 heteroatoms. The van der Waals surface area contributed by atoms with Crippen LogP contribution in [0.25, 0.3) is 0 Å². The largest absolute Gasteiger partial charge is 0.483 e. The highest BCUT2D eigenvalue weighted by Gasteiger charge is 2.12. The molecule has 0 fully saturated rings. The van der Waals surface area contributed by atoms with Crippen LogP contribution in [0.15, 0.2) is 24.3 Å². The number of benzene rings is 1. The third kappa shape index (κ3) is 16.0. The Labute approximate surface area is 187 Å². The number of hydrogen-bond donors (Lipinski definition) is 1. The van der Waals surface area contributed by atoms with Gasteiger partial charge in [0.05, 0.1) is 24.3 Å². The lowest BCUT2D eigenvalue weighted by atomic mass is 10.1. The molecule has 0 saturated heterocycles. The summed E-state index contributed by atoms with van der Waals surface area (Å²) in [6, 6.07) is 6.59. The van der Waals surface area contributed by atoms with E-state index in [1.165, 1.54) is 12.8 Å². The van der Waals surface area contributed by atoms with Gasteiger partial charge in [0.1, 0.15) is 0 Å². The van der Waals surface area contributed by atoms with Crippen LogP contribution in [0.2, 0.25) is 0 Å². The molecule has 0 saturated carbocycles. The monoisotopic (exact) mass is 436 g/mol. The zero-order valence-electron chi connectivity index (χ0n) is 19.6. The lowest BCUT2D eigenvalue weighted by Crippen LogP contribution is -2.10. The summed E-state index contributed by atoms with van der Waals surface area (Å²) < 4.78 is 10.6. The Morgan fingerprint density at radius 2 is 1.19 bits per heavy atom. The topological polar surface area (TPSA) is 89.9 Å². The van der Waals surface area contributed by atoms with E-state index in [0.29, 0.717) is 36.2 Å². The number of rotatable bonds is 14. The summed E-state index contributed by atoms with van der Waals surface area (Å²) >= 11 is 0. The second kappa shape index (κ2) is 18.4. The lowest BCUT2D eigenvalue weighted by Gasteiger charge is -2.08. The maximum Gasteiger partial charge on any atom is 0.338 e. The minimum Gasteiger partial charge on any atom is -0.483 e. The van der Waals surface area contributed by atoms with E-state index in [1.54, 1.807) is 24.3 Å².